The number of alkyl halides is 2. The van der Waals surface area contributed by atoms with Crippen molar-refractivity contribution in [3.8, 4) is 0 Å². The molecule has 0 aromatic heterocycles. The summed E-state index contributed by atoms with van der Waals surface area (Å²) in [6.07, 6.45) is 0.641. The van der Waals surface area contributed by atoms with Crippen molar-refractivity contribution in [1.29, 1.82) is 0 Å². The van der Waals surface area contributed by atoms with E-state index in [0.29, 0.717) is 13.0 Å². The van der Waals surface area contributed by atoms with Crippen molar-refractivity contribution in [2.24, 2.45) is 0 Å². The molecule has 0 bridgehead atoms. The number of hydrogen-bond acceptors (Lipinski definition) is 2. The third-order valence-electron chi connectivity index (χ3n) is 5.51. The van der Waals surface area contributed by atoms with Crippen molar-refractivity contribution in [1.82, 2.24) is 15.1 Å². The van der Waals surface area contributed by atoms with Gasteiger partial charge in [0.25, 0.3) is 5.92 Å². The second-order valence-electron chi connectivity index (χ2n) is 7.56. The minimum atomic E-state index is -2.97. The van der Waals surface area contributed by atoms with E-state index in [0.717, 1.165) is 16.7 Å². The van der Waals surface area contributed by atoms with Crippen LogP contribution >= 0.6 is 0 Å². The number of nitrogens with one attached hydrogen (secondary N) is 1. The quantitative estimate of drug-likeness (QED) is 0.854. The summed E-state index contributed by atoms with van der Waals surface area (Å²) < 4.78 is 41.8. The summed E-state index contributed by atoms with van der Waals surface area (Å²) in [5, 5.41) is 2.53. The summed E-state index contributed by atoms with van der Waals surface area (Å²) in [7, 11) is 1.61. The molecule has 4 nitrogen and oxygen atoms in total. The van der Waals surface area contributed by atoms with Crippen LogP contribution in [0.2, 0.25) is 0 Å². The number of fused-ring (bicyclic) bond motifs is 1. The van der Waals surface area contributed by atoms with Crippen LogP contribution in [-0.4, -0.2) is 54.5 Å². The van der Waals surface area contributed by atoms with Gasteiger partial charge in [-0.05, 0) is 42.3 Å². The van der Waals surface area contributed by atoms with E-state index in [4.69, 9.17) is 0 Å². The lowest BCUT2D eigenvalue weighted by molar-refractivity contribution is -0.00772. The first-order valence-electron chi connectivity index (χ1n) is 9.32. The number of urea groups is 1. The maximum Gasteiger partial charge on any atom is 0.318 e. The fourth-order valence-corrected chi connectivity index (χ4v) is 4.15. The molecule has 7 heteroatoms. The number of hydrogen-bond donors (Lipinski definition) is 1. The molecule has 2 amide bonds. The van der Waals surface area contributed by atoms with E-state index in [-0.39, 0.29) is 18.9 Å². The van der Waals surface area contributed by atoms with Gasteiger partial charge in [0.05, 0.1) is 12.6 Å². The predicted molar refractivity (Wildman–Crippen MR) is 99.9 cm³/mol. The monoisotopic (exact) mass is 389 g/mol. The average Bonchev–Trinajstić information content (AvgIpc) is 2.92. The number of nitrogens with zero attached hydrogens (tertiary/aromatic N) is 2. The standard InChI is InChI=1S/C21H22F3N3O/c1-26-12-18(21(23,24)13-26)25-20(28)27-11-10-14-4-2-3-5-17(14)19(27)15-6-8-16(22)9-7-15/h2-9,18-19H,10-13H2,1H3,(H,25,28)/t18?,19-/m0/s1. The van der Waals surface area contributed by atoms with Gasteiger partial charge in [0, 0.05) is 13.1 Å². The SMILES string of the molecule is CN1CC(NC(=O)N2CCc3ccccc3[C@@H]2c2ccc(F)cc2)C(F)(F)C1. The van der Waals surface area contributed by atoms with E-state index >= 15 is 0 Å². The van der Waals surface area contributed by atoms with Crippen LogP contribution < -0.4 is 5.32 Å². The third-order valence-corrected chi connectivity index (χ3v) is 5.51. The van der Waals surface area contributed by atoms with E-state index in [1.807, 2.05) is 24.3 Å². The van der Waals surface area contributed by atoms with Crippen LogP contribution in [0.3, 0.4) is 0 Å². The topological polar surface area (TPSA) is 35.6 Å². The van der Waals surface area contributed by atoms with E-state index in [2.05, 4.69) is 5.32 Å². The van der Waals surface area contributed by atoms with Crippen LogP contribution in [0.5, 0.6) is 0 Å². The molecule has 148 valence electrons. The normalized spacial score (nSPS) is 24.1. The second-order valence-corrected chi connectivity index (χ2v) is 7.56. The lowest BCUT2D eigenvalue weighted by Crippen LogP contribution is -2.53. The largest absolute Gasteiger partial charge is 0.328 e. The van der Waals surface area contributed by atoms with Gasteiger partial charge in [0.15, 0.2) is 0 Å². The van der Waals surface area contributed by atoms with Gasteiger partial charge in [-0.2, -0.15) is 0 Å². The molecule has 28 heavy (non-hydrogen) atoms. The molecule has 4 rings (SSSR count). The van der Waals surface area contributed by atoms with E-state index in [1.165, 1.54) is 17.0 Å². The number of halogens is 3. The summed E-state index contributed by atoms with van der Waals surface area (Å²) in [5.74, 6) is -3.33. The van der Waals surface area contributed by atoms with Crippen LogP contribution in [-0.2, 0) is 6.42 Å². The van der Waals surface area contributed by atoms with Gasteiger partial charge in [-0.15, -0.1) is 0 Å². The molecular formula is C21H22F3N3O. The molecule has 1 saturated heterocycles. The van der Waals surface area contributed by atoms with Crippen molar-refractivity contribution >= 4 is 6.03 Å². The Morgan fingerprint density at radius 3 is 2.54 bits per heavy atom. The summed E-state index contributed by atoms with van der Waals surface area (Å²) >= 11 is 0. The highest BCUT2D eigenvalue weighted by Crippen LogP contribution is 2.36. The Hall–Kier alpha value is -2.54. The number of carbonyl (C=O) groups is 1. The molecule has 2 aliphatic heterocycles. The molecule has 0 saturated carbocycles. The number of likely N-dealkylation sites (N-methyl/N-ethyl adjacent to an activating group) is 1. The molecule has 2 heterocycles. The molecule has 2 atom stereocenters. The highest BCUT2D eigenvalue weighted by Gasteiger charge is 2.48. The summed E-state index contributed by atoms with van der Waals surface area (Å²) in [4.78, 5) is 16.1. The van der Waals surface area contributed by atoms with Crippen LogP contribution in [0, 0.1) is 5.82 Å². The van der Waals surface area contributed by atoms with Crippen molar-refractivity contribution in [2.75, 3.05) is 26.7 Å². The van der Waals surface area contributed by atoms with Gasteiger partial charge in [0.2, 0.25) is 0 Å². The first-order chi connectivity index (χ1) is 13.3. The minimum absolute atomic E-state index is 0.102. The molecule has 0 spiro atoms. The first kappa shape index (κ1) is 18.8. The van der Waals surface area contributed by atoms with Crippen LogP contribution in [0.4, 0.5) is 18.0 Å². The molecule has 1 fully saturated rings. The Balaban J connectivity index is 1.65. The summed E-state index contributed by atoms with van der Waals surface area (Å²) in [6, 6.07) is 11.5. The maximum absolute atomic E-state index is 14.2. The summed E-state index contributed by atoms with van der Waals surface area (Å²) in [6.45, 7) is 0.131. The van der Waals surface area contributed by atoms with Crippen molar-refractivity contribution in [2.45, 2.75) is 24.4 Å². The molecule has 0 radical (unpaired) electrons. The van der Waals surface area contributed by atoms with Crippen molar-refractivity contribution in [3.05, 3.63) is 71.0 Å². The zero-order chi connectivity index (χ0) is 19.9. The molecule has 1 N–H and O–H groups in total. The van der Waals surface area contributed by atoms with Gasteiger partial charge >= 0.3 is 6.03 Å². The van der Waals surface area contributed by atoms with E-state index in [9.17, 15) is 18.0 Å². The molecule has 2 aromatic rings. The number of benzene rings is 2. The highest BCUT2D eigenvalue weighted by molar-refractivity contribution is 5.76. The number of amides is 2. The molecule has 1 unspecified atom stereocenters. The molecular weight excluding hydrogens is 367 g/mol. The van der Waals surface area contributed by atoms with Crippen LogP contribution in [0.25, 0.3) is 0 Å². The van der Waals surface area contributed by atoms with Gasteiger partial charge < -0.3 is 10.2 Å². The zero-order valence-electron chi connectivity index (χ0n) is 15.5. The number of rotatable bonds is 2. The Kier molecular flexibility index (Phi) is 4.79. The van der Waals surface area contributed by atoms with Gasteiger partial charge in [-0.3, -0.25) is 4.90 Å². The highest BCUT2D eigenvalue weighted by atomic mass is 19.3. The van der Waals surface area contributed by atoms with Crippen LogP contribution in [0.15, 0.2) is 48.5 Å². The fraction of sp³-hybridized carbons (Fsp3) is 0.381. The number of likely N-dealkylation sites (tertiary alicyclic amines) is 1. The van der Waals surface area contributed by atoms with E-state index in [1.54, 1.807) is 24.1 Å². The Morgan fingerprint density at radius 2 is 1.86 bits per heavy atom. The maximum atomic E-state index is 14.2. The number of carbonyl (C=O) groups excluding carboxylic acids is 1. The minimum Gasteiger partial charge on any atom is -0.328 e. The smallest absolute Gasteiger partial charge is 0.318 e. The second kappa shape index (κ2) is 7.13. The Morgan fingerprint density at radius 1 is 1.14 bits per heavy atom. The average molecular weight is 389 g/mol. The predicted octanol–water partition coefficient (Wildman–Crippen LogP) is 3.43. The van der Waals surface area contributed by atoms with Gasteiger partial charge in [0.1, 0.15) is 11.9 Å². The first-order valence-corrected chi connectivity index (χ1v) is 9.32. The third kappa shape index (κ3) is 3.46. The fourth-order valence-electron chi connectivity index (χ4n) is 4.15. The van der Waals surface area contributed by atoms with Gasteiger partial charge in [-0.1, -0.05) is 36.4 Å². The zero-order valence-corrected chi connectivity index (χ0v) is 15.5. The van der Waals surface area contributed by atoms with Gasteiger partial charge in [-0.25, -0.2) is 18.0 Å². The van der Waals surface area contributed by atoms with Crippen molar-refractivity contribution < 1.29 is 18.0 Å². The molecule has 2 aliphatic rings. The van der Waals surface area contributed by atoms with Crippen LogP contribution in [0.1, 0.15) is 22.7 Å². The molecule has 0 aliphatic carbocycles. The Bertz CT molecular complexity index is 871. The lowest BCUT2D eigenvalue weighted by Gasteiger charge is -2.38. The molecule has 2 aromatic carbocycles. The summed E-state index contributed by atoms with van der Waals surface area (Å²) in [5.41, 5.74) is 2.79. The lowest BCUT2D eigenvalue weighted by atomic mass is 9.88. The Labute approximate surface area is 161 Å². The van der Waals surface area contributed by atoms with Crippen molar-refractivity contribution in [3.63, 3.8) is 0 Å². The van der Waals surface area contributed by atoms with E-state index < -0.39 is 24.0 Å².